The van der Waals surface area contributed by atoms with Gasteiger partial charge in [0.05, 0.1) is 9.88 Å². The van der Waals surface area contributed by atoms with Crippen molar-refractivity contribution in [2.75, 3.05) is 5.32 Å². The molecule has 6 heteroatoms. The van der Waals surface area contributed by atoms with Gasteiger partial charge in [0, 0.05) is 4.70 Å². The van der Waals surface area contributed by atoms with Crippen LogP contribution in [0.2, 0.25) is 0 Å². The monoisotopic (exact) mass is 317 g/mol. The van der Waals surface area contributed by atoms with Crippen molar-refractivity contribution >= 4 is 49.6 Å². The van der Waals surface area contributed by atoms with Gasteiger partial charge in [0.25, 0.3) is 5.91 Å². The smallest absolute Gasteiger partial charge is 0.346 e. The van der Waals surface area contributed by atoms with Crippen LogP contribution in [0.25, 0.3) is 10.1 Å². The van der Waals surface area contributed by atoms with Crippen molar-refractivity contribution in [3.8, 4) is 0 Å². The highest BCUT2D eigenvalue weighted by Crippen LogP contribution is 2.29. The predicted molar refractivity (Wildman–Crippen MR) is 85.8 cm³/mol. The van der Waals surface area contributed by atoms with Crippen LogP contribution in [0.5, 0.6) is 0 Å². The molecule has 0 unspecified atom stereocenters. The first kappa shape index (κ1) is 13.8. The Morgan fingerprint density at radius 3 is 2.57 bits per heavy atom. The van der Waals surface area contributed by atoms with E-state index in [1.54, 1.807) is 13.0 Å². The number of carboxylic acids is 1. The minimum absolute atomic E-state index is 0.214. The van der Waals surface area contributed by atoms with E-state index in [1.807, 2.05) is 30.3 Å². The van der Waals surface area contributed by atoms with Gasteiger partial charge in [0.1, 0.15) is 4.88 Å². The summed E-state index contributed by atoms with van der Waals surface area (Å²) in [5.74, 6) is -1.19. The zero-order valence-corrected chi connectivity index (χ0v) is 12.7. The Bertz CT molecular complexity index is 815. The van der Waals surface area contributed by atoms with Crippen LogP contribution in [0.3, 0.4) is 0 Å². The Morgan fingerprint density at radius 1 is 1.14 bits per heavy atom. The number of fused-ring (bicyclic) bond motifs is 1. The second kappa shape index (κ2) is 5.31. The third-order valence-corrected chi connectivity index (χ3v) is 5.25. The number of benzene rings is 1. The molecule has 0 saturated carbocycles. The number of hydrogen-bond donors (Lipinski definition) is 2. The van der Waals surface area contributed by atoms with Crippen molar-refractivity contribution < 1.29 is 14.7 Å². The van der Waals surface area contributed by atoms with Gasteiger partial charge in [0.2, 0.25) is 0 Å². The quantitative estimate of drug-likeness (QED) is 0.760. The number of anilines is 1. The number of hydrogen-bond acceptors (Lipinski definition) is 4. The maximum atomic E-state index is 12.2. The molecule has 0 aliphatic rings. The Kier molecular flexibility index (Phi) is 3.48. The van der Waals surface area contributed by atoms with Crippen molar-refractivity contribution in [2.45, 2.75) is 6.92 Å². The van der Waals surface area contributed by atoms with Crippen LogP contribution in [0, 0.1) is 6.92 Å². The molecule has 3 rings (SSSR count). The van der Waals surface area contributed by atoms with Crippen LogP contribution < -0.4 is 5.32 Å². The molecule has 106 valence electrons. The summed E-state index contributed by atoms with van der Waals surface area (Å²) >= 11 is 2.49. The number of amides is 1. The normalized spacial score (nSPS) is 10.7. The Labute approximate surface area is 128 Å². The lowest BCUT2D eigenvalue weighted by Crippen LogP contribution is -2.08. The predicted octanol–water partition coefficient (Wildman–Crippen LogP) is 4.22. The van der Waals surface area contributed by atoms with E-state index in [0.29, 0.717) is 15.4 Å². The van der Waals surface area contributed by atoms with E-state index in [1.165, 1.54) is 11.3 Å². The van der Waals surface area contributed by atoms with Gasteiger partial charge in [-0.1, -0.05) is 18.2 Å². The van der Waals surface area contributed by atoms with Gasteiger partial charge in [-0.05, 0) is 36.1 Å². The maximum absolute atomic E-state index is 12.2. The molecule has 3 aromatic rings. The molecule has 0 aliphatic heterocycles. The molecule has 2 N–H and O–H groups in total. The van der Waals surface area contributed by atoms with E-state index >= 15 is 0 Å². The summed E-state index contributed by atoms with van der Waals surface area (Å²) in [4.78, 5) is 24.1. The Balaban J connectivity index is 1.86. The van der Waals surface area contributed by atoms with E-state index in [-0.39, 0.29) is 10.8 Å². The summed E-state index contributed by atoms with van der Waals surface area (Å²) < 4.78 is 1.05. The number of carboxylic acid groups (broad SMARTS) is 1. The number of carbonyl (C=O) groups is 2. The van der Waals surface area contributed by atoms with E-state index in [4.69, 9.17) is 5.11 Å². The van der Waals surface area contributed by atoms with Crippen molar-refractivity contribution in [1.29, 1.82) is 0 Å². The molecule has 1 aromatic carbocycles. The minimum Gasteiger partial charge on any atom is -0.477 e. The van der Waals surface area contributed by atoms with E-state index in [0.717, 1.165) is 21.4 Å². The number of aromatic carboxylic acids is 1. The van der Waals surface area contributed by atoms with Gasteiger partial charge in [0.15, 0.2) is 0 Å². The van der Waals surface area contributed by atoms with E-state index < -0.39 is 5.97 Å². The SMILES string of the molecule is Cc1cc(NC(=O)c2cc3ccccc3s2)sc1C(=O)O. The van der Waals surface area contributed by atoms with Crippen LogP contribution in [-0.4, -0.2) is 17.0 Å². The second-order valence-electron chi connectivity index (χ2n) is 4.53. The number of nitrogens with one attached hydrogen (secondary N) is 1. The highest BCUT2D eigenvalue weighted by molar-refractivity contribution is 7.21. The highest BCUT2D eigenvalue weighted by Gasteiger charge is 2.15. The highest BCUT2D eigenvalue weighted by atomic mass is 32.1. The molecule has 1 amide bonds. The first-order valence-electron chi connectivity index (χ1n) is 6.18. The van der Waals surface area contributed by atoms with Gasteiger partial charge in [-0.2, -0.15) is 0 Å². The molecule has 2 heterocycles. The van der Waals surface area contributed by atoms with E-state index in [2.05, 4.69) is 5.32 Å². The number of aryl methyl sites for hydroxylation is 1. The molecule has 0 atom stereocenters. The number of thiophene rings is 2. The molecule has 0 aliphatic carbocycles. The lowest BCUT2D eigenvalue weighted by molar-refractivity contribution is 0.0701. The first-order chi connectivity index (χ1) is 10.0. The van der Waals surface area contributed by atoms with Gasteiger partial charge in [-0.15, -0.1) is 22.7 Å². The molecular formula is C15H11NO3S2. The zero-order valence-electron chi connectivity index (χ0n) is 11.0. The molecule has 0 saturated heterocycles. The first-order valence-corrected chi connectivity index (χ1v) is 7.81. The molecule has 0 radical (unpaired) electrons. The summed E-state index contributed by atoms with van der Waals surface area (Å²) in [7, 11) is 0. The fourth-order valence-electron chi connectivity index (χ4n) is 2.02. The molecule has 4 nitrogen and oxygen atoms in total. The zero-order chi connectivity index (χ0) is 15.0. The average molecular weight is 317 g/mol. The fourth-order valence-corrected chi connectivity index (χ4v) is 3.89. The third-order valence-electron chi connectivity index (χ3n) is 3.00. The molecule has 2 aromatic heterocycles. The fraction of sp³-hybridized carbons (Fsp3) is 0.0667. The van der Waals surface area contributed by atoms with Crippen molar-refractivity contribution in [2.24, 2.45) is 0 Å². The second-order valence-corrected chi connectivity index (χ2v) is 6.67. The molecule has 0 spiro atoms. The molecule has 0 bridgehead atoms. The van der Waals surface area contributed by atoms with Crippen molar-refractivity contribution in [3.63, 3.8) is 0 Å². The van der Waals surface area contributed by atoms with Gasteiger partial charge >= 0.3 is 5.97 Å². The topological polar surface area (TPSA) is 66.4 Å². The van der Waals surface area contributed by atoms with Gasteiger partial charge in [-0.25, -0.2) is 4.79 Å². The Morgan fingerprint density at radius 2 is 1.90 bits per heavy atom. The third kappa shape index (κ3) is 2.68. The number of carbonyl (C=O) groups excluding carboxylic acids is 1. The van der Waals surface area contributed by atoms with Crippen LogP contribution >= 0.6 is 22.7 Å². The standard InChI is InChI=1S/C15H11NO3S2/c1-8-6-12(21-13(8)15(18)19)16-14(17)11-7-9-4-2-3-5-10(9)20-11/h2-7H,1H3,(H,16,17)(H,18,19). The lowest BCUT2D eigenvalue weighted by atomic mass is 10.2. The van der Waals surface area contributed by atoms with Crippen LogP contribution in [0.15, 0.2) is 36.4 Å². The molecule has 21 heavy (non-hydrogen) atoms. The van der Waals surface area contributed by atoms with Crippen molar-refractivity contribution in [3.05, 3.63) is 51.7 Å². The largest absolute Gasteiger partial charge is 0.477 e. The average Bonchev–Trinajstić information content (AvgIpc) is 3.02. The Hall–Kier alpha value is -2.18. The number of rotatable bonds is 3. The summed E-state index contributed by atoms with van der Waals surface area (Å²) in [6.07, 6.45) is 0. The minimum atomic E-state index is -0.972. The maximum Gasteiger partial charge on any atom is 0.346 e. The summed E-state index contributed by atoms with van der Waals surface area (Å²) in [6.45, 7) is 1.72. The van der Waals surface area contributed by atoms with E-state index in [9.17, 15) is 9.59 Å². The van der Waals surface area contributed by atoms with Crippen molar-refractivity contribution in [1.82, 2.24) is 0 Å². The van der Waals surface area contributed by atoms with Crippen LogP contribution in [0.4, 0.5) is 5.00 Å². The lowest BCUT2D eigenvalue weighted by Gasteiger charge is -1.98. The molecular weight excluding hydrogens is 306 g/mol. The summed E-state index contributed by atoms with van der Waals surface area (Å²) in [6, 6.07) is 11.3. The summed E-state index contributed by atoms with van der Waals surface area (Å²) in [5, 5.41) is 13.4. The van der Waals surface area contributed by atoms with Crippen LogP contribution in [0.1, 0.15) is 24.9 Å². The molecule has 0 fully saturated rings. The van der Waals surface area contributed by atoms with Gasteiger partial charge < -0.3 is 10.4 Å². The van der Waals surface area contributed by atoms with Gasteiger partial charge in [-0.3, -0.25) is 4.79 Å². The summed E-state index contributed by atoms with van der Waals surface area (Å²) in [5.41, 5.74) is 0.652. The van der Waals surface area contributed by atoms with Crippen LogP contribution in [-0.2, 0) is 0 Å².